The van der Waals surface area contributed by atoms with Crippen molar-refractivity contribution in [2.75, 3.05) is 14.1 Å². The lowest BCUT2D eigenvalue weighted by molar-refractivity contribution is -0.143. The Morgan fingerprint density at radius 1 is 0.733 bits per heavy atom. The highest BCUT2D eigenvalue weighted by Gasteiger charge is 2.38. The molecule has 0 saturated heterocycles. The first-order chi connectivity index (χ1) is 13.5. The van der Waals surface area contributed by atoms with Crippen molar-refractivity contribution < 1.29 is 44.3 Å². The molecule has 12 heteroatoms. The molecule has 0 saturated carbocycles. The van der Waals surface area contributed by atoms with Crippen molar-refractivity contribution >= 4 is 17.4 Å². The van der Waals surface area contributed by atoms with Crippen LogP contribution in [0.4, 0.5) is 39.5 Å². The summed E-state index contributed by atoms with van der Waals surface area (Å²) >= 11 is 4.87. The second kappa shape index (κ2) is 7.97. The molecule has 0 N–H and O–H groups in total. The van der Waals surface area contributed by atoms with Crippen LogP contribution in [0.15, 0.2) is 36.4 Å². The van der Waals surface area contributed by atoms with Crippen molar-refractivity contribution in [3.05, 3.63) is 53.1 Å². The molecule has 2 aromatic rings. The quantitative estimate of drug-likeness (QED) is 0.368. The van der Waals surface area contributed by atoms with E-state index < -0.39 is 52.1 Å². The SMILES string of the molecule is CN(C)C(=S)Oc1ccc(C(F)(F)F)cc1-c1cc(C(F)(F)F)cc(C(F)(F)F)c1. The Bertz CT molecular complexity index is 914. The van der Waals surface area contributed by atoms with Gasteiger partial charge in [-0.25, -0.2) is 0 Å². The third-order valence-corrected chi connectivity index (χ3v) is 4.22. The van der Waals surface area contributed by atoms with Gasteiger partial charge >= 0.3 is 18.5 Å². The Hall–Kier alpha value is -2.50. The molecule has 0 unspecified atom stereocenters. The van der Waals surface area contributed by atoms with E-state index in [2.05, 4.69) is 0 Å². The first-order valence-corrected chi connectivity index (χ1v) is 8.31. The second-order valence-corrected chi connectivity index (χ2v) is 6.61. The van der Waals surface area contributed by atoms with E-state index in [4.69, 9.17) is 17.0 Å². The smallest absolute Gasteiger partial charge is 0.416 e. The lowest BCUT2D eigenvalue weighted by atomic mass is 9.97. The largest absolute Gasteiger partial charge is 0.431 e. The van der Waals surface area contributed by atoms with E-state index in [1.165, 1.54) is 19.0 Å². The van der Waals surface area contributed by atoms with Crippen molar-refractivity contribution in [3.63, 3.8) is 0 Å². The van der Waals surface area contributed by atoms with Crippen molar-refractivity contribution in [1.29, 1.82) is 0 Å². The molecule has 2 aromatic carbocycles. The summed E-state index contributed by atoms with van der Waals surface area (Å²) in [5.74, 6) is -0.436. The maximum atomic E-state index is 13.1. The van der Waals surface area contributed by atoms with Crippen LogP contribution in [-0.4, -0.2) is 24.2 Å². The maximum absolute atomic E-state index is 13.1. The Morgan fingerprint density at radius 3 is 1.60 bits per heavy atom. The zero-order valence-electron chi connectivity index (χ0n) is 15.1. The molecule has 0 amide bonds. The standard InChI is InChI=1S/C18H12F9NOS/c1-28(2)15(30)29-14-4-3-10(16(19,20)21)8-13(14)9-5-11(17(22,23)24)7-12(6-9)18(25,26)27/h3-8H,1-2H3. The highest BCUT2D eigenvalue weighted by atomic mass is 32.1. The molecule has 0 heterocycles. The van der Waals surface area contributed by atoms with Gasteiger partial charge in [-0.2, -0.15) is 39.5 Å². The van der Waals surface area contributed by atoms with Crippen LogP contribution in [0.25, 0.3) is 11.1 Å². The summed E-state index contributed by atoms with van der Waals surface area (Å²) in [5.41, 5.74) is -6.03. The van der Waals surface area contributed by atoms with E-state index in [0.29, 0.717) is 24.3 Å². The molecule has 2 rings (SSSR count). The van der Waals surface area contributed by atoms with Crippen molar-refractivity contribution in [2.24, 2.45) is 0 Å². The third-order valence-electron chi connectivity index (χ3n) is 3.77. The van der Waals surface area contributed by atoms with Crippen LogP contribution in [0, 0.1) is 0 Å². The van der Waals surface area contributed by atoms with Crippen LogP contribution in [0.5, 0.6) is 5.75 Å². The van der Waals surface area contributed by atoms with Gasteiger partial charge in [0, 0.05) is 19.7 Å². The highest BCUT2D eigenvalue weighted by molar-refractivity contribution is 7.80. The molecule has 30 heavy (non-hydrogen) atoms. The van der Waals surface area contributed by atoms with Gasteiger partial charge in [0.05, 0.1) is 16.7 Å². The number of benzene rings is 2. The number of hydrogen-bond donors (Lipinski definition) is 0. The molecule has 2 nitrogen and oxygen atoms in total. The summed E-state index contributed by atoms with van der Waals surface area (Å²) in [7, 11) is 2.86. The Balaban J connectivity index is 2.80. The van der Waals surface area contributed by atoms with E-state index in [1.807, 2.05) is 0 Å². The number of alkyl halides is 9. The van der Waals surface area contributed by atoms with Gasteiger partial charge in [0.1, 0.15) is 5.75 Å². The predicted octanol–water partition coefficient (Wildman–Crippen LogP) is 6.64. The van der Waals surface area contributed by atoms with Gasteiger partial charge in [0.25, 0.3) is 5.17 Å². The Kier molecular flexibility index (Phi) is 6.32. The van der Waals surface area contributed by atoms with Crippen LogP contribution in [-0.2, 0) is 18.5 Å². The predicted molar refractivity (Wildman–Crippen MR) is 93.8 cm³/mol. The van der Waals surface area contributed by atoms with E-state index >= 15 is 0 Å². The van der Waals surface area contributed by atoms with E-state index in [-0.39, 0.29) is 11.2 Å². The minimum Gasteiger partial charge on any atom is -0.431 e. The fraction of sp³-hybridized carbons (Fsp3) is 0.278. The fourth-order valence-electron chi connectivity index (χ4n) is 2.32. The average molecular weight is 461 g/mol. The van der Waals surface area contributed by atoms with Crippen LogP contribution in [0.3, 0.4) is 0 Å². The number of ether oxygens (including phenoxy) is 1. The lowest BCUT2D eigenvalue weighted by Gasteiger charge is -2.19. The number of thiocarbonyl (C=S) groups is 1. The number of rotatable bonds is 2. The summed E-state index contributed by atoms with van der Waals surface area (Å²) in [4.78, 5) is 1.24. The van der Waals surface area contributed by atoms with Crippen LogP contribution >= 0.6 is 12.2 Å². The summed E-state index contributed by atoms with van der Waals surface area (Å²) in [5, 5.41) is -0.265. The first kappa shape index (κ1) is 23.8. The van der Waals surface area contributed by atoms with Crippen LogP contribution < -0.4 is 4.74 Å². The summed E-state index contributed by atoms with van der Waals surface area (Å²) in [6.07, 6.45) is -15.2. The monoisotopic (exact) mass is 461 g/mol. The van der Waals surface area contributed by atoms with Gasteiger partial charge < -0.3 is 9.64 Å². The molecular weight excluding hydrogens is 449 g/mol. The second-order valence-electron chi connectivity index (χ2n) is 6.27. The van der Waals surface area contributed by atoms with Gasteiger partial charge in [0.15, 0.2) is 0 Å². The average Bonchev–Trinajstić information content (AvgIpc) is 2.59. The molecule has 0 fully saturated rings. The summed E-state index contributed by atoms with van der Waals surface area (Å²) in [6.45, 7) is 0. The van der Waals surface area contributed by atoms with Gasteiger partial charge in [-0.3, -0.25) is 0 Å². The third kappa shape index (κ3) is 5.55. The van der Waals surface area contributed by atoms with Crippen molar-refractivity contribution in [3.8, 4) is 16.9 Å². The van der Waals surface area contributed by atoms with Crippen molar-refractivity contribution in [2.45, 2.75) is 18.5 Å². The molecule has 0 aliphatic carbocycles. The minimum absolute atomic E-state index is 0.123. The Labute approximate surface area is 169 Å². The zero-order chi connectivity index (χ0) is 23.1. The van der Waals surface area contributed by atoms with Gasteiger partial charge in [0.2, 0.25) is 0 Å². The summed E-state index contributed by atoms with van der Waals surface area (Å²) < 4.78 is 123. The van der Waals surface area contributed by atoms with Gasteiger partial charge in [-0.15, -0.1) is 0 Å². The van der Waals surface area contributed by atoms with E-state index in [0.717, 1.165) is 6.07 Å². The molecule has 0 aromatic heterocycles. The number of halogens is 9. The fourth-order valence-corrected chi connectivity index (χ4v) is 2.41. The van der Waals surface area contributed by atoms with Gasteiger partial charge in [-0.1, -0.05) is 0 Å². The zero-order valence-corrected chi connectivity index (χ0v) is 15.9. The van der Waals surface area contributed by atoms with Gasteiger partial charge in [-0.05, 0) is 54.2 Å². The maximum Gasteiger partial charge on any atom is 0.416 e. The molecule has 0 spiro atoms. The Morgan fingerprint density at radius 2 is 1.20 bits per heavy atom. The number of hydrogen-bond acceptors (Lipinski definition) is 2. The topological polar surface area (TPSA) is 12.5 Å². The molecule has 0 aliphatic rings. The number of nitrogens with zero attached hydrogens (tertiary/aromatic N) is 1. The normalized spacial score (nSPS) is 12.6. The molecule has 164 valence electrons. The van der Waals surface area contributed by atoms with Crippen LogP contribution in [0.2, 0.25) is 0 Å². The van der Waals surface area contributed by atoms with Crippen LogP contribution in [0.1, 0.15) is 16.7 Å². The molecule has 0 radical (unpaired) electrons. The highest BCUT2D eigenvalue weighted by Crippen LogP contribution is 2.42. The molecular formula is C18H12F9NOS. The minimum atomic E-state index is -5.17. The molecule has 0 aliphatic heterocycles. The van der Waals surface area contributed by atoms with Crippen molar-refractivity contribution in [1.82, 2.24) is 4.90 Å². The summed E-state index contributed by atoms with van der Waals surface area (Å²) in [6, 6.07) is 2.27. The van der Waals surface area contributed by atoms with E-state index in [1.54, 1.807) is 0 Å². The van der Waals surface area contributed by atoms with E-state index in [9.17, 15) is 39.5 Å². The molecule has 0 atom stereocenters. The lowest BCUT2D eigenvalue weighted by Crippen LogP contribution is -2.25. The molecule has 0 bridgehead atoms. The first-order valence-electron chi connectivity index (χ1n) is 7.90.